The molecule has 2 aliphatic rings. The molecule has 0 amide bonds. The molecule has 4 heteroatoms. The summed E-state index contributed by atoms with van der Waals surface area (Å²) in [7, 11) is 0. The summed E-state index contributed by atoms with van der Waals surface area (Å²) in [5.74, 6) is 1.03. The van der Waals surface area contributed by atoms with Crippen LogP contribution in [0, 0.1) is 5.92 Å². The van der Waals surface area contributed by atoms with Crippen LogP contribution in [0.5, 0.6) is 0 Å². The first-order chi connectivity index (χ1) is 10.9. The van der Waals surface area contributed by atoms with Crippen LogP contribution in [0.4, 0.5) is 0 Å². The monoisotopic (exact) mass is 305 g/mol. The predicted molar refractivity (Wildman–Crippen MR) is 88.7 cm³/mol. The van der Waals surface area contributed by atoms with Crippen LogP contribution in [0.1, 0.15) is 76.0 Å². The number of nitrogens with zero attached hydrogens (tertiary/aromatic N) is 1. The third-order valence-electron chi connectivity index (χ3n) is 5.34. The van der Waals surface area contributed by atoms with Crippen molar-refractivity contribution in [3.05, 3.63) is 18.2 Å². The Hall–Kier alpha value is -0.870. The van der Waals surface area contributed by atoms with Gasteiger partial charge in [0.25, 0.3) is 0 Å². The number of hydrogen-bond donors (Lipinski definition) is 2. The summed E-state index contributed by atoms with van der Waals surface area (Å²) in [5.41, 5.74) is 1.12. The molecule has 1 saturated carbocycles. The van der Waals surface area contributed by atoms with Gasteiger partial charge >= 0.3 is 0 Å². The molecule has 4 nitrogen and oxygen atoms in total. The zero-order chi connectivity index (χ0) is 15.0. The first kappa shape index (κ1) is 16.0. The smallest absolute Gasteiger partial charge is 0.0989 e. The van der Waals surface area contributed by atoms with Crippen molar-refractivity contribution >= 4 is 0 Å². The van der Waals surface area contributed by atoms with Crippen LogP contribution in [0.25, 0.3) is 0 Å². The maximum atomic E-state index is 5.95. The number of unbranched alkanes of at least 4 members (excludes halogenated alkanes) is 1. The van der Waals surface area contributed by atoms with Crippen LogP contribution >= 0.6 is 0 Å². The number of rotatable bonds is 7. The molecule has 1 aromatic rings. The lowest BCUT2D eigenvalue weighted by atomic mass is 9.86. The molecule has 2 fully saturated rings. The number of nitrogens with one attached hydrogen (secondary N) is 2. The van der Waals surface area contributed by atoms with Crippen molar-refractivity contribution in [1.82, 2.24) is 15.3 Å². The van der Waals surface area contributed by atoms with Gasteiger partial charge in [0, 0.05) is 6.04 Å². The number of imidazole rings is 1. The van der Waals surface area contributed by atoms with Crippen molar-refractivity contribution in [3.63, 3.8) is 0 Å². The largest absolute Gasteiger partial charge is 0.370 e. The summed E-state index contributed by atoms with van der Waals surface area (Å²) in [6, 6.07) is 0.536. The van der Waals surface area contributed by atoms with E-state index in [2.05, 4.69) is 15.3 Å². The Balaban J connectivity index is 1.23. The molecule has 0 bridgehead atoms. The number of H-pyrrole nitrogens is 1. The van der Waals surface area contributed by atoms with E-state index >= 15 is 0 Å². The van der Waals surface area contributed by atoms with Gasteiger partial charge in [-0.05, 0) is 31.7 Å². The molecule has 3 rings (SSSR count). The van der Waals surface area contributed by atoms with E-state index in [4.69, 9.17) is 4.74 Å². The van der Waals surface area contributed by atoms with Gasteiger partial charge in [0.15, 0.2) is 0 Å². The SMILES string of the molecule is c1ncc([C@@H]2CC[C@@H](NCCCCC3CCCCC3)CO2)[nH]1. The van der Waals surface area contributed by atoms with E-state index in [1.165, 1.54) is 57.8 Å². The van der Waals surface area contributed by atoms with Gasteiger partial charge in [-0.25, -0.2) is 4.98 Å². The average molecular weight is 305 g/mol. The van der Waals surface area contributed by atoms with Crippen molar-refractivity contribution < 1.29 is 4.74 Å². The Morgan fingerprint density at radius 2 is 2.05 bits per heavy atom. The summed E-state index contributed by atoms with van der Waals surface area (Å²) in [5, 5.41) is 3.67. The predicted octanol–water partition coefficient (Wildman–Crippen LogP) is 3.97. The second-order valence-corrected chi connectivity index (χ2v) is 7.06. The highest BCUT2D eigenvalue weighted by molar-refractivity contribution is 5.01. The molecule has 1 saturated heterocycles. The normalized spacial score (nSPS) is 27.1. The van der Waals surface area contributed by atoms with Crippen LogP contribution in [-0.2, 0) is 4.74 Å². The summed E-state index contributed by atoms with van der Waals surface area (Å²) >= 11 is 0. The van der Waals surface area contributed by atoms with Gasteiger partial charge in [-0.1, -0.05) is 44.9 Å². The third-order valence-corrected chi connectivity index (χ3v) is 5.34. The average Bonchev–Trinajstić information content (AvgIpc) is 3.11. The van der Waals surface area contributed by atoms with Gasteiger partial charge in [0.1, 0.15) is 0 Å². The quantitative estimate of drug-likeness (QED) is 0.749. The fraction of sp³-hybridized carbons (Fsp3) is 0.833. The number of ether oxygens (including phenoxy) is 1. The Morgan fingerprint density at radius 1 is 1.14 bits per heavy atom. The van der Waals surface area contributed by atoms with Crippen LogP contribution in [-0.4, -0.2) is 29.2 Å². The Labute approximate surface area is 134 Å². The maximum absolute atomic E-state index is 5.95. The Bertz CT molecular complexity index is 392. The van der Waals surface area contributed by atoms with Crippen molar-refractivity contribution in [2.75, 3.05) is 13.2 Å². The zero-order valence-electron chi connectivity index (χ0n) is 13.7. The molecule has 2 N–H and O–H groups in total. The summed E-state index contributed by atoms with van der Waals surface area (Å²) in [6.45, 7) is 1.97. The van der Waals surface area contributed by atoms with Gasteiger partial charge in [-0.3, -0.25) is 0 Å². The lowest BCUT2D eigenvalue weighted by molar-refractivity contribution is -0.00612. The zero-order valence-corrected chi connectivity index (χ0v) is 13.7. The Morgan fingerprint density at radius 3 is 2.77 bits per heavy atom. The maximum Gasteiger partial charge on any atom is 0.0989 e. The second kappa shape index (κ2) is 8.68. The standard InChI is InChI=1S/C18H31N3O/c1-2-6-15(7-3-1)8-4-5-11-20-16-9-10-18(22-13-16)17-12-19-14-21-17/h12,14-16,18,20H,1-11,13H2,(H,19,21)/t16-,18+/m1/s1. The summed E-state index contributed by atoms with van der Waals surface area (Å²) < 4.78 is 5.95. The van der Waals surface area contributed by atoms with Crippen molar-refractivity contribution in [1.29, 1.82) is 0 Å². The van der Waals surface area contributed by atoms with Gasteiger partial charge in [-0.2, -0.15) is 0 Å². The molecule has 1 aliphatic carbocycles. The van der Waals surface area contributed by atoms with Crippen molar-refractivity contribution in [3.8, 4) is 0 Å². The fourth-order valence-electron chi connectivity index (χ4n) is 3.94. The van der Waals surface area contributed by atoms with Gasteiger partial charge in [-0.15, -0.1) is 0 Å². The minimum Gasteiger partial charge on any atom is -0.370 e. The minimum absolute atomic E-state index is 0.215. The number of hydrogen-bond acceptors (Lipinski definition) is 3. The van der Waals surface area contributed by atoms with Crippen LogP contribution in [0.2, 0.25) is 0 Å². The first-order valence-electron chi connectivity index (χ1n) is 9.25. The molecule has 2 atom stereocenters. The van der Waals surface area contributed by atoms with E-state index in [1.54, 1.807) is 6.33 Å². The molecule has 0 radical (unpaired) electrons. The molecule has 0 aromatic carbocycles. The van der Waals surface area contributed by atoms with Crippen LogP contribution in [0.3, 0.4) is 0 Å². The van der Waals surface area contributed by atoms with Gasteiger partial charge in [0.2, 0.25) is 0 Å². The lowest BCUT2D eigenvalue weighted by Gasteiger charge is -2.29. The molecule has 1 aromatic heterocycles. The molecule has 22 heavy (non-hydrogen) atoms. The Kier molecular flexibility index (Phi) is 6.32. The lowest BCUT2D eigenvalue weighted by Crippen LogP contribution is -2.38. The van der Waals surface area contributed by atoms with E-state index in [1.807, 2.05) is 6.20 Å². The van der Waals surface area contributed by atoms with Gasteiger partial charge in [0.05, 0.1) is 30.9 Å². The topological polar surface area (TPSA) is 49.9 Å². The molecular formula is C18H31N3O. The van der Waals surface area contributed by atoms with Crippen molar-refractivity contribution in [2.24, 2.45) is 5.92 Å². The summed E-state index contributed by atoms with van der Waals surface area (Å²) in [6.07, 6.45) is 17.7. The number of aromatic amines is 1. The summed E-state index contributed by atoms with van der Waals surface area (Å²) in [4.78, 5) is 7.23. The van der Waals surface area contributed by atoms with Crippen LogP contribution < -0.4 is 5.32 Å². The van der Waals surface area contributed by atoms with Gasteiger partial charge < -0.3 is 15.0 Å². The van der Waals surface area contributed by atoms with E-state index in [9.17, 15) is 0 Å². The van der Waals surface area contributed by atoms with E-state index in [-0.39, 0.29) is 6.10 Å². The van der Waals surface area contributed by atoms with Crippen LogP contribution in [0.15, 0.2) is 12.5 Å². The fourth-order valence-corrected chi connectivity index (χ4v) is 3.94. The molecule has 1 aliphatic heterocycles. The highest BCUT2D eigenvalue weighted by Crippen LogP contribution is 2.28. The molecule has 0 unspecified atom stereocenters. The molecular weight excluding hydrogens is 274 g/mol. The molecule has 124 valence electrons. The minimum atomic E-state index is 0.215. The third kappa shape index (κ3) is 4.82. The highest BCUT2D eigenvalue weighted by atomic mass is 16.5. The van der Waals surface area contributed by atoms with E-state index in [0.29, 0.717) is 6.04 Å². The number of aromatic nitrogens is 2. The van der Waals surface area contributed by atoms with E-state index < -0.39 is 0 Å². The van der Waals surface area contributed by atoms with E-state index in [0.717, 1.165) is 31.2 Å². The molecule has 0 spiro atoms. The second-order valence-electron chi connectivity index (χ2n) is 7.06. The first-order valence-corrected chi connectivity index (χ1v) is 9.25. The van der Waals surface area contributed by atoms with Crippen molar-refractivity contribution in [2.45, 2.75) is 76.4 Å². The highest BCUT2D eigenvalue weighted by Gasteiger charge is 2.23. The molecule has 2 heterocycles.